The van der Waals surface area contributed by atoms with Crippen LogP contribution < -0.4 is 21.7 Å². The average Bonchev–Trinajstić information content (AvgIpc) is 2.60. The van der Waals surface area contributed by atoms with Crippen molar-refractivity contribution in [2.45, 2.75) is 57.8 Å². The molecule has 0 radical (unpaired) electrons. The fourth-order valence-electron chi connectivity index (χ4n) is 2.37. The van der Waals surface area contributed by atoms with Gasteiger partial charge in [-0.15, -0.1) is 0 Å². The second kappa shape index (κ2) is 13.3. The lowest BCUT2D eigenvalue weighted by molar-refractivity contribution is -0.143. The van der Waals surface area contributed by atoms with Crippen molar-refractivity contribution in [3.05, 3.63) is 0 Å². The largest absolute Gasteiger partial charge is 0.480 e. The van der Waals surface area contributed by atoms with Gasteiger partial charge < -0.3 is 31.9 Å². The summed E-state index contributed by atoms with van der Waals surface area (Å²) in [5, 5.41) is 26.4. The topological polar surface area (TPSA) is 171 Å². The van der Waals surface area contributed by atoms with Gasteiger partial charge in [-0.25, -0.2) is 4.79 Å². The lowest BCUT2D eigenvalue weighted by Crippen LogP contribution is -2.59. The van der Waals surface area contributed by atoms with Crippen LogP contribution in [0.3, 0.4) is 0 Å². The van der Waals surface area contributed by atoms with Gasteiger partial charge in [-0.3, -0.25) is 14.4 Å². The van der Waals surface area contributed by atoms with E-state index in [1.807, 2.05) is 20.1 Å². The molecule has 7 N–H and O–H groups in total. The monoisotopic (exact) mass is 420 g/mol. The third-order valence-electron chi connectivity index (χ3n) is 3.83. The van der Waals surface area contributed by atoms with E-state index in [1.54, 1.807) is 0 Å². The van der Waals surface area contributed by atoms with E-state index in [4.69, 9.17) is 5.73 Å². The standard InChI is InChI=1S/C17H32N4O6S/c1-9(2)7-12(19-13(23)8-18)15(24)21-14(10(3)22)16(25)20-11(17(26)27)5-6-28-4/h9-12,14,22H,5-8,18H2,1-4H3,(H,19,23)(H,20,25)(H,21,24)(H,26,27). The number of hydrogen-bond acceptors (Lipinski definition) is 7. The summed E-state index contributed by atoms with van der Waals surface area (Å²) in [5.74, 6) is -2.62. The Bertz CT molecular complexity index is 544. The normalized spacial score (nSPS) is 15.2. The summed E-state index contributed by atoms with van der Waals surface area (Å²) in [6.45, 7) is 4.73. The van der Waals surface area contributed by atoms with Crippen molar-refractivity contribution in [3.63, 3.8) is 0 Å². The van der Waals surface area contributed by atoms with Crippen LogP contribution in [0.1, 0.15) is 33.6 Å². The summed E-state index contributed by atoms with van der Waals surface area (Å²) < 4.78 is 0. The minimum atomic E-state index is -1.37. The fraction of sp³-hybridized carbons (Fsp3) is 0.765. The van der Waals surface area contributed by atoms with Crippen LogP contribution in [0.2, 0.25) is 0 Å². The number of nitrogens with one attached hydrogen (secondary N) is 3. The maximum atomic E-state index is 12.6. The van der Waals surface area contributed by atoms with Gasteiger partial charge in [-0.2, -0.15) is 11.8 Å². The number of nitrogens with two attached hydrogens (primary N) is 1. The Morgan fingerprint density at radius 3 is 2.04 bits per heavy atom. The zero-order valence-corrected chi connectivity index (χ0v) is 17.5. The zero-order valence-electron chi connectivity index (χ0n) is 16.7. The summed E-state index contributed by atoms with van der Waals surface area (Å²) in [6, 6.07) is -3.44. The van der Waals surface area contributed by atoms with Crippen LogP contribution in [-0.2, 0) is 19.2 Å². The number of aliphatic hydroxyl groups excluding tert-OH is 1. The first kappa shape index (κ1) is 26.1. The van der Waals surface area contributed by atoms with Gasteiger partial charge in [0.1, 0.15) is 18.1 Å². The molecule has 0 spiro atoms. The molecule has 3 amide bonds. The second-order valence-corrected chi connectivity index (χ2v) is 7.85. The number of thioether (sulfide) groups is 1. The Kier molecular flexibility index (Phi) is 12.5. The molecule has 0 aliphatic rings. The number of carboxylic acid groups (broad SMARTS) is 1. The van der Waals surface area contributed by atoms with E-state index >= 15 is 0 Å². The molecule has 10 nitrogen and oxygen atoms in total. The van der Waals surface area contributed by atoms with E-state index in [0.29, 0.717) is 12.2 Å². The van der Waals surface area contributed by atoms with Crippen molar-refractivity contribution in [2.24, 2.45) is 11.7 Å². The SMILES string of the molecule is CSCCC(NC(=O)C(NC(=O)C(CC(C)C)NC(=O)CN)C(C)O)C(=O)O. The smallest absolute Gasteiger partial charge is 0.326 e. The molecule has 0 aliphatic heterocycles. The van der Waals surface area contributed by atoms with Gasteiger partial charge >= 0.3 is 5.97 Å². The molecule has 0 aliphatic carbocycles. The predicted octanol–water partition coefficient (Wildman–Crippen LogP) is -1.34. The molecule has 0 fully saturated rings. The molecule has 0 bridgehead atoms. The quantitative estimate of drug-likeness (QED) is 0.213. The number of hydrogen-bond donors (Lipinski definition) is 6. The first-order chi connectivity index (χ1) is 13.0. The van der Waals surface area contributed by atoms with Crippen molar-refractivity contribution in [1.29, 1.82) is 0 Å². The van der Waals surface area contributed by atoms with Crippen LogP contribution in [0.15, 0.2) is 0 Å². The Morgan fingerprint density at radius 1 is 1.00 bits per heavy atom. The summed E-state index contributed by atoms with van der Waals surface area (Å²) in [5.41, 5.74) is 5.27. The van der Waals surface area contributed by atoms with Gasteiger partial charge in [0, 0.05) is 0 Å². The van der Waals surface area contributed by atoms with Crippen LogP contribution >= 0.6 is 11.8 Å². The average molecular weight is 421 g/mol. The lowest BCUT2D eigenvalue weighted by Gasteiger charge is -2.26. The molecule has 0 aromatic carbocycles. The summed E-state index contributed by atoms with van der Waals surface area (Å²) >= 11 is 1.43. The molecule has 4 atom stereocenters. The van der Waals surface area contributed by atoms with Crippen LogP contribution in [0.25, 0.3) is 0 Å². The molecule has 162 valence electrons. The van der Waals surface area contributed by atoms with Gasteiger partial charge in [0.05, 0.1) is 12.6 Å². The van der Waals surface area contributed by atoms with Gasteiger partial charge in [0.25, 0.3) is 0 Å². The molecule has 0 saturated heterocycles. The number of rotatable bonds is 13. The molecule has 0 aromatic heterocycles. The number of carbonyl (C=O) groups excluding carboxylic acids is 3. The van der Waals surface area contributed by atoms with Gasteiger partial charge in [-0.1, -0.05) is 13.8 Å². The molecule has 0 aromatic rings. The highest BCUT2D eigenvalue weighted by molar-refractivity contribution is 7.98. The Labute approximate surface area is 169 Å². The van der Waals surface area contributed by atoms with Crippen molar-refractivity contribution < 1.29 is 29.4 Å². The molecule has 28 heavy (non-hydrogen) atoms. The molecule has 11 heteroatoms. The fourth-order valence-corrected chi connectivity index (χ4v) is 2.84. The lowest BCUT2D eigenvalue weighted by atomic mass is 10.0. The number of aliphatic hydroxyl groups is 1. The minimum absolute atomic E-state index is 0.0654. The van der Waals surface area contributed by atoms with E-state index in [1.165, 1.54) is 18.7 Å². The predicted molar refractivity (Wildman–Crippen MR) is 107 cm³/mol. The van der Waals surface area contributed by atoms with E-state index in [9.17, 15) is 29.4 Å². The van der Waals surface area contributed by atoms with Crippen molar-refractivity contribution in [2.75, 3.05) is 18.6 Å². The Hall–Kier alpha value is -1.85. The second-order valence-electron chi connectivity index (χ2n) is 6.86. The highest BCUT2D eigenvalue weighted by Gasteiger charge is 2.32. The van der Waals surface area contributed by atoms with Crippen LogP contribution in [0.5, 0.6) is 0 Å². The molecule has 0 rings (SSSR count). The van der Waals surface area contributed by atoms with Crippen LogP contribution in [0, 0.1) is 5.92 Å². The van der Waals surface area contributed by atoms with E-state index in [0.717, 1.165) is 0 Å². The number of amides is 3. The first-order valence-electron chi connectivity index (χ1n) is 9.03. The van der Waals surface area contributed by atoms with E-state index in [-0.39, 0.29) is 18.9 Å². The number of aliphatic carboxylic acids is 1. The maximum Gasteiger partial charge on any atom is 0.326 e. The third-order valence-corrected chi connectivity index (χ3v) is 4.48. The van der Waals surface area contributed by atoms with Crippen molar-refractivity contribution in [3.8, 4) is 0 Å². The Morgan fingerprint density at radius 2 is 1.61 bits per heavy atom. The third kappa shape index (κ3) is 9.90. The van der Waals surface area contributed by atoms with Gasteiger partial charge in [-0.05, 0) is 37.7 Å². The summed E-state index contributed by atoms with van der Waals surface area (Å²) in [4.78, 5) is 47.9. The maximum absolute atomic E-state index is 12.6. The molecule has 0 heterocycles. The van der Waals surface area contributed by atoms with Crippen LogP contribution in [0.4, 0.5) is 0 Å². The summed E-state index contributed by atoms with van der Waals surface area (Å²) in [6.07, 6.45) is 1.04. The molecule has 4 unspecified atom stereocenters. The van der Waals surface area contributed by atoms with Crippen molar-refractivity contribution in [1.82, 2.24) is 16.0 Å². The first-order valence-corrected chi connectivity index (χ1v) is 10.4. The highest BCUT2D eigenvalue weighted by atomic mass is 32.2. The highest BCUT2D eigenvalue weighted by Crippen LogP contribution is 2.07. The summed E-state index contributed by atoms with van der Waals surface area (Å²) in [7, 11) is 0. The minimum Gasteiger partial charge on any atom is -0.480 e. The molecular formula is C17H32N4O6S. The molecular weight excluding hydrogens is 388 g/mol. The molecule has 0 saturated carbocycles. The van der Waals surface area contributed by atoms with Crippen molar-refractivity contribution >= 4 is 35.5 Å². The van der Waals surface area contributed by atoms with Gasteiger partial charge in [0.15, 0.2) is 0 Å². The van der Waals surface area contributed by atoms with Crippen LogP contribution in [-0.4, -0.2) is 76.7 Å². The number of carbonyl (C=O) groups is 4. The van der Waals surface area contributed by atoms with E-state index in [2.05, 4.69) is 16.0 Å². The van der Waals surface area contributed by atoms with Gasteiger partial charge in [0.2, 0.25) is 17.7 Å². The number of carboxylic acids is 1. The van der Waals surface area contributed by atoms with E-state index < -0.39 is 47.9 Å². The Balaban J connectivity index is 5.22. The zero-order chi connectivity index (χ0) is 21.9.